The maximum absolute atomic E-state index is 13.1. The summed E-state index contributed by atoms with van der Waals surface area (Å²) in [7, 11) is 1.85. The number of fused-ring (bicyclic) bond motifs is 1. The molecule has 5 nitrogen and oxygen atoms in total. The number of likely N-dealkylation sites (tertiary alicyclic amines) is 1. The Labute approximate surface area is 165 Å². The third-order valence-corrected chi connectivity index (χ3v) is 5.65. The molecule has 0 aliphatic carbocycles. The number of phenols is 1. The van der Waals surface area contributed by atoms with Gasteiger partial charge in [-0.05, 0) is 43.6 Å². The number of carbonyl (C=O) groups excluding carboxylic acids is 1. The van der Waals surface area contributed by atoms with Gasteiger partial charge in [0.1, 0.15) is 11.5 Å². The molecular weight excluding hydrogens is 352 g/mol. The molecule has 146 valence electrons. The van der Waals surface area contributed by atoms with Gasteiger partial charge in [0.2, 0.25) is 5.91 Å². The summed E-state index contributed by atoms with van der Waals surface area (Å²) in [4.78, 5) is 17.3. The molecular formula is C23H26N2O3. The molecule has 1 aliphatic rings. The molecule has 1 unspecified atom stereocenters. The summed E-state index contributed by atoms with van der Waals surface area (Å²) in [5.74, 6) is 0.928. The molecule has 1 atom stereocenters. The van der Waals surface area contributed by atoms with Crippen molar-refractivity contribution in [1.82, 2.24) is 9.80 Å². The van der Waals surface area contributed by atoms with Crippen LogP contribution in [0.5, 0.6) is 5.75 Å². The van der Waals surface area contributed by atoms with Crippen molar-refractivity contribution in [2.75, 3.05) is 26.7 Å². The Kier molecular flexibility index (Phi) is 5.35. The number of phenolic OH excluding ortho intramolecular Hbond substituents is 1. The van der Waals surface area contributed by atoms with E-state index >= 15 is 0 Å². The minimum absolute atomic E-state index is 0.00708. The number of hydrogen-bond acceptors (Lipinski definition) is 4. The van der Waals surface area contributed by atoms with E-state index in [4.69, 9.17) is 4.42 Å². The zero-order valence-electron chi connectivity index (χ0n) is 16.2. The molecule has 0 bridgehead atoms. The van der Waals surface area contributed by atoms with Gasteiger partial charge >= 0.3 is 0 Å². The van der Waals surface area contributed by atoms with Gasteiger partial charge in [0.05, 0.1) is 18.7 Å². The third-order valence-electron chi connectivity index (χ3n) is 5.65. The first-order valence-electron chi connectivity index (χ1n) is 9.84. The van der Waals surface area contributed by atoms with E-state index in [0.717, 1.165) is 36.0 Å². The molecule has 1 saturated heterocycles. The lowest BCUT2D eigenvalue weighted by Crippen LogP contribution is -2.39. The molecule has 5 heteroatoms. The first-order valence-corrected chi connectivity index (χ1v) is 9.84. The van der Waals surface area contributed by atoms with Gasteiger partial charge in [-0.2, -0.15) is 0 Å². The Balaban J connectivity index is 1.56. The van der Waals surface area contributed by atoms with Crippen molar-refractivity contribution < 1.29 is 14.3 Å². The van der Waals surface area contributed by atoms with Crippen molar-refractivity contribution in [1.29, 1.82) is 0 Å². The number of amides is 1. The van der Waals surface area contributed by atoms with E-state index in [-0.39, 0.29) is 24.1 Å². The highest BCUT2D eigenvalue weighted by atomic mass is 16.3. The molecule has 1 aliphatic heterocycles. The third kappa shape index (κ3) is 3.90. The van der Waals surface area contributed by atoms with Gasteiger partial charge < -0.3 is 19.3 Å². The maximum Gasteiger partial charge on any atom is 0.230 e. The molecule has 2 heterocycles. The molecule has 0 saturated carbocycles. The van der Waals surface area contributed by atoms with Gasteiger partial charge in [0.25, 0.3) is 0 Å². The van der Waals surface area contributed by atoms with E-state index in [1.807, 2.05) is 43.4 Å². The molecule has 4 rings (SSSR count). The highest BCUT2D eigenvalue weighted by Gasteiger charge is 2.26. The summed E-state index contributed by atoms with van der Waals surface area (Å²) in [6, 6.07) is 15.0. The summed E-state index contributed by atoms with van der Waals surface area (Å²) in [5.41, 5.74) is 0.951. The topological polar surface area (TPSA) is 56.9 Å². The van der Waals surface area contributed by atoms with Crippen LogP contribution in [0.1, 0.15) is 30.2 Å². The van der Waals surface area contributed by atoms with Gasteiger partial charge in [-0.1, -0.05) is 36.4 Å². The van der Waals surface area contributed by atoms with E-state index in [1.165, 1.54) is 12.8 Å². The van der Waals surface area contributed by atoms with Crippen molar-refractivity contribution in [3.8, 4) is 5.75 Å². The standard InChI is InChI=1S/C23H26N2O3/c1-24(23(27)14-22-20-10-3-2-7-18(20)16-28-22)21(15-25-11-4-5-12-25)17-8-6-9-19(26)13-17/h2-3,6-10,13,16,21,26H,4-5,11-12,14-15H2,1H3. The SMILES string of the molecule is CN(C(=O)Cc1occ2ccccc12)C(CN1CCCC1)c1cccc(O)c1. The number of hydrogen-bond donors (Lipinski definition) is 1. The fourth-order valence-electron chi connectivity index (χ4n) is 4.02. The van der Waals surface area contributed by atoms with Gasteiger partial charge in [0.15, 0.2) is 0 Å². The number of carbonyl (C=O) groups is 1. The lowest BCUT2D eigenvalue weighted by atomic mass is 10.0. The van der Waals surface area contributed by atoms with Crippen molar-refractivity contribution in [2.24, 2.45) is 0 Å². The number of furan rings is 1. The van der Waals surface area contributed by atoms with Crippen molar-refractivity contribution in [3.05, 3.63) is 66.1 Å². The predicted octanol–water partition coefficient (Wildman–Crippen LogP) is 3.98. The van der Waals surface area contributed by atoms with E-state index in [1.54, 1.807) is 23.3 Å². The monoisotopic (exact) mass is 378 g/mol. The second-order valence-corrected chi connectivity index (χ2v) is 7.55. The molecule has 28 heavy (non-hydrogen) atoms. The minimum Gasteiger partial charge on any atom is -0.508 e. The number of rotatable bonds is 6. The van der Waals surface area contributed by atoms with Gasteiger partial charge in [-0.15, -0.1) is 0 Å². The Morgan fingerprint density at radius 2 is 1.96 bits per heavy atom. The molecule has 0 radical (unpaired) electrons. The zero-order valence-corrected chi connectivity index (χ0v) is 16.2. The number of nitrogens with zero attached hydrogens (tertiary/aromatic N) is 2. The van der Waals surface area contributed by atoms with E-state index in [0.29, 0.717) is 5.76 Å². The van der Waals surface area contributed by atoms with E-state index in [2.05, 4.69) is 4.90 Å². The quantitative estimate of drug-likeness (QED) is 0.705. The first-order chi connectivity index (χ1) is 13.6. The summed E-state index contributed by atoms with van der Waals surface area (Å²) >= 11 is 0. The van der Waals surface area contributed by atoms with E-state index in [9.17, 15) is 9.90 Å². The van der Waals surface area contributed by atoms with Gasteiger partial charge in [0, 0.05) is 24.4 Å². The molecule has 0 spiro atoms. The highest BCUT2D eigenvalue weighted by Crippen LogP contribution is 2.27. The van der Waals surface area contributed by atoms with Crippen LogP contribution in [0.2, 0.25) is 0 Å². The summed E-state index contributed by atoms with van der Waals surface area (Å²) < 4.78 is 5.68. The Morgan fingerprint density at radius 3 is 2.75 bits per heavy atom. The van der Waals surface area contributed by atoms with E-state index < -0.39 is 0 Å². The molecule has 1 fully saturated rings. The second-order valence-electron chi connectivity index (χ2n) is 7.55. The van der Waals surface area contributed by atoms with Crippen molar-refractivity contribution in [2.45, 2.75) is 25.3 Å². The van der Waals surface area contributed by atoms with Gasteiger partial charge in [-0.25, -0.2) is 0 Å². The fourth-order valence-corrected chi connectivity index (χ4v) is 4.02. The normalized spacial score (nSPS) is 15.8. The Hall–Kier alpha value is -2.79. The lowest BCUT2D eigenvalue weighted by molar-refractivity contribution is -0.132. The van der Waals surface area contributed by atoms with Crippen LogP contribution in [0.15, 0.2) is 59.2 Å². The Bertz CT molecular complexity index is 959. The van der Waals surface area contributed by atoms with Crippen LogP contribution in [0, 0.1) is 0 Å². The number of likely N-dealkylation sites (N-methyl/N-ethyl adjacent to an activating group) is 1. The first kappa shape index (κ1) is 18.6. The van der Waals surface area contributed by atoms with Crippen molar-refractivity contribution in [3.63, 3.8) is 0 Å². The average Bonchev–Trinajstić information content (AvgIpc) is 3.36. The largest absolute Gasteiger partial charge is 0.508 e. The summed E-state index contributed by atoms with van der Waals surface area (Å²) in [5, 5.41) is 11.9. The minimum atomic E-state index is -0.112. The lowest BCUT2D eigenvalue weighted by Gasteiger charge is -2.32. The van der Waals surface area contributed by atoms with Crippen LogP contribution >= 0.6 is 0 Å². The van der Waals surface area contributed by atoms with Crippen LogP contribution in [0.25, 0.3) is 10.8 Å². The molecule has 1 N–H and O–H groups in total. The fraction of sp³-hybridized carbons (Fsp3) is 0.348. The Morgan fingerprint density at radius 1 is 1.18 bits per heavy atom. The predicted molar refractivity (Wildman–Crippen MR) is 109 cm³/mol. The average molecular weight is 378 g/mol. The van der Waals surface area contributed by atoms with Crippen LogP contribution in [-0.4, -0.2) is 47.5 Å². The van der Waals surface area contributed by atoms with Gasteiger partial charge in [-0.3, -0.25) is 4.79 Å². The molecule has 1 aromatic heterocycles. The van der Waals surface area contributed by atoms with Crippen LogP contribution in [0.3, 0.4) is 0 Å². The zero-order chi connectivity index (χ0) is 19.5. The molecule has 3 aromatic rings. The van der Waals surface area contributed by atoms with Crippen LogP contribution < -0.4 is 0 Å². The van der Waals surface area contributed by atoms with Crippen molar-refractivity contribution >= 4 is 16.7 Å². The van der Waals surface area contributed by atoms with Crippen LogP contribution in [-0.2, 0) is 11.2 Å². The molecule has 1 amide bonds. The summed E-state index contributed by atoms with van der Waals surface area (Å²) in [6.07, 6.45) is 4.32. The highest BCUT2D eigenvalue weighted by molar-refractivity contribution is 5.88. The summed E-state index contributed by atoms with van der Waals surface area (Å²) in [6.45, 7) is 2.88. The number of benzene rings is 2. The maximum atomic E-state index is 13.1. The molecule has 2 aromatic carbocycles. The number of aromatic hydroxyl groups is 1. The second kappa shape index (κ2) is 8.07. The van der Waals surface area contributed by atoms with Crippen LogP contribution in [0.4, 0.5) is 0 Å². The smallest absolute Gasteiger partial charge is 0.230 e.